The van der Waals surface area contributed by atoms with Crippen molar-refractivity contribution in [3.05, 3.63) is 0 Å². The van der Waals surface area contributed by atoms with Crippen LogP contribution in [-0.4, -0.2) is 40.5 Å². The fraction of sp³-hybridized carbons (Fsp3) is 0.875. The average Bonchev–Trinajstić information content (AvgIpc) is 2.49. The van der Waals surface area contributed by atoms with Gasteiger partial charge in [0, 0.05) is 6.54 Å². The lowest BCUT2D eigenvalue weighted by Crippen LogP contribution is -2.41. The molecule has 70 valence electrons. The molecule has 1 aliphatic heterocycles. The third-order valence-corrected chi connectivity index (χ3v) is 2.40. The fourth-order valence-electron chi connectivity index (χ4n) is 1.54. The number of likely N-dealkylation sites (tertiary alicyclic amines) is 1. The molecule has 0 aliphatic carbocycles. The minimum atomic E-state index is -0.475. The Bertz CT molecular complexity index is 172. The van der Waals surface area contributed by atoms with Crippen molar-refractivity contribution in [3.63, 3.8) is 0 Å². The van der Waals surface area contributed by atoms with Gasteiger partial charge < -0.3 is 10.0 Å². The standard InChI is InChI=1S/C8H14ClNO2/c1-6(9)8(12)10-4-2-3-7(10)5-11/h6-7,11H,2-5H2,1H3. The number of hydrogen-bond acceptors (Lipinski definition) is 2. The van der Waals surface area contributed by atoms with Crippen LogP contribution in [0.5, 0.6) is 0 Å². The molecule has 0 bridgehead atoms. The van der Waals surface area contributed by atoms with Crippen LogP contribution in [0, 0.1) is 0 Å². The van der Waals surface area contributed by atoms with Crippen molar-refractivity contribution in [2.75, 3.05) is 13.2 Å². The number of amides is 1. The molecule has 0 aromatic rings. The second-order valence-electron chi connectivity index (χ2n) is 3.13. The van der Waals surface area contributed by atoms with E-state index in [0.29, 0.717) is 0 Å². The maximum atomic E-state index is 11.4. The maximum Gasteiger partial charge on any atom is 0.240 e. The van der Waals surface area contributed by atoms with Crippen molar-refractivity contribution in [1.82, 2.24) is 4.90 Å². The third-order valence-electron chi connectivity index (χ3n) is 2.21. The van der Waals surface area contributed by atoms with Crippen LogP contribution in [-0.2, 0) is 4.79 Å². The molecule has 4 heteroatoms. The molecule has 2 atom stereocenters. The van der Waals surface area contributed by atoms with E-state index in [9.17, 15) is 4.79 Å². The van der Waals surface area contributed by atoms with Gasteiger partial charge >= 0.3 is 0 Å². The van der Waals surface area contributed by atoms with Crippen molar-refractivity contribution >= 4 is 17.5 Å². The molecular weight excluding hydrogens is 178 g/mol. The molecule has 1 amide bonds. The Morgan fingerprint density at radius 1 is 1.83 bits per heavy atom. The SMILES string of the molecule is CC(Cl)C(=O)N1CCCC1CO. The Labute approximate surface area is 77.3 Å². The number of nitrogens with zero attached hydrogens (tertiary/aromatic N) is 1. The highest BCUT2D eigenvalue weighted by molar-refractivity contribution is 6.30. The summed E-state index contributed by atoms with van der Waals surface area (Å²) in [5, 5.41) is 8.46. The van der Waals surface area contributed by atoms with Crippen LogP contribution in [0.25, 0.3) is 0 Å². The van der Waals surface area contributed by atoms with Crippen molar-refractivity contribution in [2.24, 2.45) is 0 Å². The zero-order chi connectivity index (χ0) is 9.14. The number of halogens is 1. The molecule has 0 radical (unpaired) electrons. The molecular formula is C8H14ClNO2. The molecule has 1 heterocycles. The van der Waals surface area contributed by atoms with E-state index < -0.39 is 5.38 Å². The van der Waals surface area contributed by atoms with Crippen LogP contribution in [0.15, 0.2) is 0 Å². The second kappa shape index (κ2) is 4.10. The lowest BCUT2D eigenvalue weighted by molar-refractivity contribution is -0.132. The van der Waals surface area contributed by atoms with E-state index in [0.717, 1.165) is 19.4 Å². The molecule has 1 saturated heterocycles. The predicted octanol–water partition coefficient (Wildman–Crippen LogP) is 0.597. The van der Waals surface area contributed by atoms with Gasteiger partial charge in [-0.1, -0.05) is 0 Å². The molecule has 0 aromatic carbocycles. The smallest absolute Gasteiger partial charge is 0.240 e. The van der Waals surface area contributed by atoms with Gasteiger partial charge in [-0.15, -0.1) is 11.6 Å². The first kappa shape index (κ1) is 9.81. The summed E-state index contributed by atoms with van der Waals surface area (Å²) in [6.07, 6.45) is 1.87. The first-order valence-electron chi connectivity index (χ1n) is 4.22. The summed E-state index contributed by atoms with van der Waals surface area (Å²) in [5.41, 5.74) is 0. The van der Waals surface area contributed by atoms with Crippen LogP contribution in [0.2, 0.25) is 0 Å². The van der Waals surface area contributed by atoms with E-state index >= 15 is 0 Å². The zero-order valence-corrected chi connectivity index (χ0v) is 7.92. The van der Waals surface area contributed by atoms with E-state index in [4.69, 9.17) is 16.7 Å². The van der Waals surface area contributed by atoms with Crippen LogP contribution in [0.1, 0.15) is 19.8 Å². The Hall–Kier alpha value is -0.280. The van der Waals surface area contributed by atoms with Gasteiger partial charge in [-0.05, 0) is 19.8 Å². The average molecular weight is 192 g/mol. The van der Waals surface area contributed by atoms with Gasteiger partial charge in [-0.3, -0.25) is 4.79 Å². The van der Waals surface area contributed by atoms with Crippen LogP contribution in [0.3, 0.4) is 0 Å². The largest absolute Gasteiger partial charge is 0.394 e. The Morgan fingerprint density at radius 3 is 3.00 bits per heavy atom. The minimum absolute atomic E-state index is 0.00120. The van der Waals surface area contributed by atoms with E-state index in [1.807, 2.05) is 0 Å². The van der Waals surface area contributed by atoms with Crippen LogP contribution >= 0.6 is 11.6 Å². The van der Waals surface area contributed by atoms with Crippen molar-refractivity contribution in [2.45, 2.75) is 31.2 Å². The number of rotatable bonds is 2. The van der Waals surface area contributed by atoms with Gasteiger partial charge in [-0.25, -0.2) is 0 Å². The quantitative estimate of drug-likeness (QED) is 0.650. The number of hydrogen-bond donors (Lipinski definition) is 1. The molecule has 0 aromatic heterocycles. The molecule has 1 rings (SSSR count). The summed E-state index contributed by atoms with van der Waals surface area (Å²) in [7, 11) is 0. The van der Waals surface area contributed by atoms with E-state index in [1.54, 1.807) is 11.8 Å². The van der Waals surface area contributed by atoms with Gasteiger partial charge in [0.1, 0.15) is 5.38 Å². The molecule has 3 nitrogen and oxygen atoms in total. The number of carbonyl (C=O) groups is 1. The number of alkyl halides is 1. The van der Waals surface area contributed by atoms with Crippen molar-refractivity contribution < 1.29 is 9.90 Å². The normalized spacial score (nSPS) is 25.9. The van der Waals surface area contributed by atoms with Crippen molar-refractivity contribution in [3.8, 4) is 0 Å². The molecule has 1 aliphatic rings. The molecule has 1 fully saturated rings. The summed E-state index contributed by atoms with van der Waals surface area (Å²) in [5.74, 6) is -0.0618. The Kier molecular flexibility index (Phi) is 3.35. The Morgan fingerprint density at radius 2 is 2.50 bits per heavy atom. The third kappa shape index (κ3) is 1.90. The number of aliphatic hydroxyl groups is 1. The van der Waals surface area contributed by atoms with Gasteiger partial charge in [0.15, 0.2) is 0 Å². The van der Waals surface area contributed by atoms with E-state index in [2.05, 4.69) is 0 Å². The summed E-state index contributed by atoms with van der Waals surface area (Å²) in [6, 6.07) is -0.00120. The number of aliphatic hydroxyl groups excluding tert-OH is 1. The minimum Gasteiger partial charge on any atom is -0.394 e. The molecule has 1 N–H and O–H groups in total. The lowest BCUT2D eigenvalue weighted by atomic mass is 10.2. The molecule has 0 saturated carbocycles. The topological polar surface area (TPSA) is 40.5 Å². The summed E-state index contributed by atoms with van der Waals surface area (Å²) in [4.78, 5) is 13.1. The zero-order valence-electron chi connectivity index (χ0n) is 7.16. The highest BCUT2D eigenvalue weighted by Crippen LogP contribution is 2.18. The number of carbonyl (C=O) groups excluding carboxylic acids is 1. The Balaban J connectivity index is 2.55. The first-order valence-corrected chi connectivity index (χ1v) is 4.66. The lowest BCUT2D eigenvalue weighted by Gasteiger charge is -2.23. The summed E-state index contributed by atoms with van der Waals surface area (Å²) in [6.45, 7) is 2.45. The van der Waals surface area contributed by atoms with E-state index in [-0.39, 0.29) is 18.6 Å². The predicted molar refractivity (Wildman–Crippen MR) is 47.1 cm³/mol. The highest BCUT2D eigenvalue weighted by atomic mass is 35.5. The monoisotopic (exact) mass is 191 g/mol. The van der Waals surface area contributed by atoms with Gasteiger partial charge in [0.05, 0.1) is 12.6 Å². The van der Waals surface area contributed by atoms with Crippen LogP contribution in [0.4, 0.5) is 0 Å². The molecule has 12 heavy (non-hydrogen) atoms. The summed E-state index contributed by atoms with van der Waals surface area (Å²) < 4.78 is 0. The highest BCUT2D eigenvalue weighted by Gasteiger charge is 2.29. The summed E-state index contributed by atoms with van der Waals surface area (Å²) >= 11 is 5.66. The van der Waals surface area contributed by atoms with Gasteiger partial charge in [0.2, 0.25) is 5.91 Å². The van der Waals surface area contributed by atoms with Crippen molar-refractivity contribution in [1.29, 1.82) is 0 Å². The maximum absolute atomic E-state index is 11.4. The fourth-order valence-corrected chi connectivity index (χ4v) is 1.67. The van der Waals surface area contributed by atoms with Gasteiger partial charge in [-0.2, -0.15) is 0 Å². The molecule has 0 spiro atoms. The first-order chi connectivity index (χ1) is 5.66. The molecule has 2 unspecified atom stereocenters. The van der Waals surface area contributed by atoms with Gasteiger partial charge in [0.25, 0.3) is 0 Å². The van der Waals surface area contributed by atoms with E-state index in [1.165, 1.54) is 0 Å². The second-order valence-corrected chi connectivity index (χ2v) is 3.78. The van der Waals surface area contributed by atoms with Crippen LogP contribution < -0.4 is 0 Å².